The summed E-state index contributed by atoms with van der Waals surface area (Å²) in [6.45, 7) is 4.26. The zero-order chi connectivity index (χ0) is 11.6. The van der Waals surface area contributed by atoms with Crippen LogP contribution in [-0.2, 0) is 6.42 Å². The zero-order valence-electron chi connectivity index (χ0n) is 10.3. The normalized spacial score (nSPS) is 18.6. The Morgan fingerprint density at radius 2 is 1.75 bits per heavy atom. The largest absolute Gasteiger partial charge is 0.294 e. The molecular weight excluding hydrogens is 196 g/mol. The molecule has 1 saturated carbocycles. The van der Waals surface area contributed by atoms with Gasteiger partial charge in [0.1, 0.15) is 0 Å². The van der Waals surface area contributed by atoms with Crippen LogP contribution < -0.4 is 0 Å². The van der Waals surface area contributed by atoms with E-state index in [4.69, 9.17) is 0 Å². The van der Waals surface area contributed by atoms with Crippen molar-refractivity contribution in [2.24, 2.45) is 5.41 Å². The molecule has 1 aliphatic rings. The number of hydrogen-bond donors (Lipinski definition) is 0. The molecule has 0 unspecified atom stereocenters. The summed E-state index contributed by atoms with van der Waals surface area (Å²) >= 11 is 0. The molecule has 0 spiro atoms. The molecule has 0 bridgehead atoms. The highest BCUT2D eigenvalue weighted by atomic mass is 16.1. The maximum Gasteiger partial charge on any atom is 0.168 e. The van der Waals surface area contributed by atoms with Crippen molar-refractivity contribution in [2.75, 3.05) is 0 Å². The van der Waals surface area contributed by atoms with Crippen molar-refractivity contribution in [3.63, 3.8) is 0 Å². The number of hydrogen-bond acceptors (Lipinski definition) is 1. The van der Waals surface area contributed by atoms with Crippen LogP contribution in [0.25, 0.3) is 0 Å². The van der Waals surface area contributed by atoms with E-state index < -0.39 is 0 Å². The lowest BCUT2D eigenvalue weighted by molar-refractivity contribution is 0.0823. The summed E-state index contributed by atoms with van der Waals surface area (Å²) < 4.78 is 0. The SMILES string of the molecule is CCc1ccc(C(=O)C2(C)CCCC2)cc1. The average Bonchev–Trinajstić information content (AvgIpc) is 2.77. The molecule has 0 radical (unpaired) electrons. The van der Waals surface area contributed by atoms with Gasteiger partial charge in [0.15, 0.2) is 5.78 Å². The van der Waals surface area contributed by atoms with Gasteiger partial charge in [0.25, 0.3) is 0 Å². The highest BCUT2D eigenvalue weighted by Crippen LogP contribution is 2.40. The monoisotopic (exact) mass is 216 g/mol. The number of carbonyl (C=O) groups excluding carboxylic acids is 1. The molecule has 1 nitrogen and oxygen atoms in total. The second-order valence-corrected chi connectivity index (χ2v) is 5.15. The summed E-state index contributed by atoms with van der Waals surface area (Å²) in [5.41, 5.74) is 2.10. The average molecular weight is 216 g/mol. The second-order valence-electron chi connectivity index (χ2n) is 5.15. The highest BCUT2D eigenvalue weighted by Gasteiger charge is 2.36. The molecule has 1 aromatic rings. The van der Waals surface area contributed by atoms with E-state index in [1.54, 1.807) is 0 Å². The Bertz CT molecular complexity index is 369. The predicted molar refractivity (Wildman–Crippen MR) is 66.7 cm³/mol. The molecule has 0 aliphatic heterocycles. The third kappa shape index (κ3) is 2.04. The van der Waals surface area contributed by atoms with Gasteiger partial charge in [-0.2, -0.15) is 0 Å². The number of benzene rings is 1. The van der Waals surface area contributed by atoms with Gasteiger partial charge in [0.2, 0.25) is 0 Å². The minimum Gasteiger partial charge on any atom is -0.294 e. The molecule has 0 heterocycles. The summed E-state index contributed by atoms with van der Waals surface area (Å²) in [5, 5.41) is 0. The first-order chi connectivity index (χ1) is 7.65. The first kappa shape index (κ1) is 11.4. The van der Waals surface area contributed by atoms with Gasteiger partial charge < -0.3 is 0 Å². The van der Waals surface area contributed by atoms with Gasteiger partial charge >= 0.3 is 0 Å². The molecule has 1 fully saturated rings. The lowest BCUT2D eigenvalue weighted by atomic mass is 9.81. The first-order valence-electron chi connectivity index (χ1n) is 6.29. The smallest absolute Gasteiger partial charge is 0.168 e. The summed E-state index contributed by atoms with van der Waals surface area (Å²) in [6.07, 6.45) is 5.55. The Morgan fingerprint density at radius 1 is 1.19 bits per heavy atom. The van der Waals surface area contributed by atoms with Gasteiger partial charge in [-0.15, -0.1) is 0 Å². The van der Waals surface area contributed by atoms with Crippen molar-refractivity contribution in [2.45, 2.75) is 46.0 Å². The number of carbonyl (C=O) groups is 1. The Labute approximate surface area is 97.9 Å². The Balaban J connectivity index is 2.20. The van der Waals surface area contributed by atoms with Gasteiger partial charge in [-0.25, -0.2) is 0 Å². The topological polar surface area (TPSA) is 17.1 Å². The molecule has 2 rings (SSSR count). The molecule has 1 heteroatoms. The van der Waals surface area contributed by atoms with Crippen molar-refractivity contribution in [3.8, 4) is 0 Å². The van der Waals surface area contributed by atoms with E-state index in [1.807, 2.05) is 12.1 Å². The zero-order valence-corrected chi connectivity index (χ0v) is 10.3. The maximum atomic E-state index is 12.4. The van der Waals surface area contributed by atoms with Crippen LogP contribution in [0.5, 0.6) is 0 Å². The molecule has 0 amide bonds. The van der Waals surface area contributed by atoms with Gasteiger partial charge in [-0.1, -0.05) is 51.0 Å². The van der Waals surface area contributed by atoms with Gasteiger partial charge in [-0.3, -0.25) is 4.79 Å². The van der Waals surface area contributed by atoms with Crippen molar-refractivity contribution in [3.05, 3.63) is 35.4 Å². The fraction of sp³-hybridized carbons (Fsp3) is 0.533. The molecule has 16 heavy (non-hydrogen) atoms. The fourth-order valence-corrected chi connectivity index (χ4v) is 2.62. The molecule has 0 saturated heterocycles. The molecule has 0 N–H and O–H groups in total. The van der Waals surface area contributed by atoms with Gasteiger partial charge in [0, 0.05) is 11.0 Å². The number of ketones is 1. The van der Waals surface area contributed by atoms with E-state index in [0.29, 0.717) is 5.78 Å². The summed E-state index contributed by atoms with van der Waals surface area (Å²) in [5.74, 6) is 0.340. The van der Waals surface area contributed by atoms with Crippen LogP contribution in [0.3, 0.4) is 0 Å². The maximum absolute atomic E-state index is 12.4. The quantitative estimate of drug-likeness (QED) is 0.698. The van der Waals surface area contributed by atoms with E-state index in [0.717, 1.165) is 24.8 Å². The van der Waals surface area contributed by atoms with E-state index in [-0.39, 0.29) is 5.41 Å². The Kier molecular flexibility index (Phi) is 3.13. The van der Waals surface area contributed by atoms with Crippen molar-refractivity contribution in [1.82, 2.24) is 0 Å². The van der Waals surface area contributed by atoms with Crippen LogP contribution in [0.2, 0.25) is 0 Å². The molecule has 0 atom stereocenters. The summed E-state index contributed by atoms with van der Waals surface area (Å²) in [7, 11) is 0. The van der Waals surface area contributed by atoms with Crippen molar-refractivity contribution >= 4 is 5.78 Å². The van der Waals surface area contributed by atoms with Gasteiger partial charge in [-0.05, 0) is 24.8 Å². The van der Waals surface area contributed by atoms with Crippen molar-refractivity contribution in [1.29, 1.82) is 0 Å². The van der Waals surface area contributed by atoms with Crippen LogP contribution in [0.15, 0.2) is 24.3 Å². The third-order valence-corrected chi connectivity index (χ3v) is 3.88. The third-order valence-electron chi connectivity index (χ3n) is 3.88. The van der Waals surface area contributed by atoms with Crippen LogP contribution in [0.4, 0.5) is 0 Å². The van der Waals surface area contributed by atoms with Crippen LogP contribution in [0, 0.1) is 5.41 Å². The highest BCUT2D eigenvalue weighted by molar-refractivity contribution is 6.00. The second kappa shape index (κ2) is 4.40. The van der Waals surface area contributed by atoms with E-state index in [1.165, 1.54) is 18.4 Å². The number of rotatable bonds is 3. The Hall–Kier alpha value is -1.11. The molecule has 86 valence electrons. The Morgan fingerprint density at radius 3 is 2.25 bits per heavy atom. The van der Waals surface area contributed by atoms with E-state index >= 15 is 0 Å². The molecule has 1 aromatic carbocycles. The predicted octanol–water partition coefficient (Wildman–Crippen LogP) is 4.01. The van der Waals surface area contributed by atoms with Crippen LogP contribution in [-0.4, -0.2) is 5.78 Å². The lowest BCUT2D eigenvalue weighted by Gasteiger charge is -2.21. The summed E-state index contributed by atoms with van der Waals surface area (Å²) in [6, 6.07) is 8.13. The van der Waals surface area contributed by atoms with Gasteiger partial charge in [0.05, 0.1) is 0 Å². The lowest BCUT2D eigenvalue weighted by Crippen LogP contribution is -2.24. The minimum atomic E-state index is -0.0896. The minimum absolute atomic E-state index is 0.0896. The first-order valence-corrected chi connectivity index (χ1v) is 6.29. The molecule has 1 aliphatic carbocycles. The summed E-state index contributed by atoms with van der Waals surface area (Å²) in [4.78, 5) is 12.4. The van der Waals surface area contributed by atoms with Crippen molar-refractivity contribution < 1.29 is 4.79 Å². The number of aryl methyl sites for hydroxylation is 1. The molecular formula is C15H20O. The van der Waals surface area contributed by atoms with Crippen LogP contribution in [0.1, 0.15) is 55.5 Å². The fourth-order valence-electron chi connectivity index (χ4n) is 2.62. The number of Topliss-reactive ketones (excluding diaryl/α,β-unsaturated/α-hetero) is 1. The molecule has 0 aromatic heterocycles. The van der Waals surface area contributed by atoms with E-state index in [9.17, 15) is 4.79 Å². The van der Waals surface area contributed by atoms with Crippen LogP contribution >= 0.6 is 0 Å². The van der Waals surface area contributed by atoms with E-state index in [2.05, 4.69) is 26.0 Å². The standard InChI is InChI=1S/C15H20O/c1-3-12-6-8-13(9-7-12)14(16)15(2)10-4-5-11-15/h6-9H,3-5,10-11H2,1-2H3.